The number of halogens is 4. The van der Waals surface area contributed by atoms with Crippen molar-refractivity contribution in [2.45, 2.75) is 18.6 Å². The number of nitrogens with one attached hydrogen (secondary N) is 1. The number of phenols is 1. The number of amides is 2. The SMILES string of the molecule is O=C(N[C@H]1CC(=O)N(CC(F)(F)F)C1)c1ccc(O)cc1F. The zero-order valence-electron chi connectivity index (χ0n) is 11.2. The molecule has 1 aromatic carbocycles. The molecule has 1 heterocycles. The molecule has 120 valence electrons. The van der Waals surface area contributed by atoms with Gasteiger partial charge in [-0.3, -0.25) is 9.59 Å². The molecular formula is C13H12F4N2O3. The predicted molar refractivity (Wildman–Crippen MR) is 66.6 cm³/mol. The normalized spacial score (nSPS) is 18.6. The Kier molecular flexibility index (Phi) is 4.25. The first-order valence-electron chi connectivity index (χ1n) is 6.29. The van der Waals surface area contributed by atoms with Crippen molar-refractivity contribution >= 4 is 11.8 Å². The van der Waals surface area contributed by atoms with Crippen LogP contribution in [0.15, 0.2) is 18.2 Å². The minimum Gasteiger partial charge on any atom is -0.508 e. The molecule has 2 amide bonds. The van der Waals surface area contributed by atoms with Crippen molar-refractivity contribution < 1.29 is 32.3 Å². The number of nitrogens with zero attached hydrogens (tertiary/aromatic N) is 1. The van der Waals surface area contributed by atoms with Gasteiger partial charge in [-0.1, -0.05) is 0 Å². The Balaban J connectivity index is 2.00. The summed E-state index contributed by atoms with van der Waals surface area (Å²) in [6.07, 6.45) is -4.79. The van der Waals surface area contributed by atoms with Gasteiger partial charge in [0, 0.05) is 19.0 Å². The Labute approximate surface area is 122 Å². The molecule has 9 heteroatoms. The molecule has 22 heavy (non-hydrogen) atoms. The van der Waals surface area contributed by atoms with Crippen molar-refractivity contribution in [3.63, 3.8) is 0 Å². The second-order valence-corrected chi connectivity index (χ2v) is 4.93. The number of benzene rings is 1. The summed E-state index contributed by atoms with van der Waals surface area (Å²) in [6, 6.07) is 2.07. The number of carbonyl (C=O) groups is 2. The van der Waals surface area contributed by atoms with Gasteiger partial charge in [-0.15, -0.1) is 0 Å². The molecule has 5 nitrogen and oxygen atoms in total. The molecule has 1 aliphatic heterocycles. The van der Waals surface area contributed by atoms with Gasteiger partial charge >= 0.3 is 6.18 Å². The second-order valence-electron chi connectivity index (χ2n) is 4.93. The molecule has 0 saturated carbocycles. The first kappa shape index (κ1) is 16.1. The van der Waals surface area contributed by atoms with Crippen LogP contribution in [0.3, 0.4) is 0 Å². The van der Waals surface area contributed by atoms with Crippen LogP contribution in [0.4, 0.5) is 17.6 Å². The van der Waals surface area contributed by atoms with Crippen molar-refractivity contribution in [1.82, 2.24) is 10.2 Å². The lowest BCUT2D eigenvalue weighted by Gasteiger charge is -2.18. The molecule has 2 rings (SSSR count). The van der Waals surface area contributed by atoms with Gasteiger partial charge in [-0.2, -0.15) is 13.2 Å². The highest BCUT2D eigenvalue weighted by molar-refractivity contribution is 5.95. The van der Waals surface area contributed by atoms with E-state index in [0.29, 0.717) is 4.90 Å². The summed E-state index contributed by atoms with van der Waals surface area (Å²) in [6.45, 7) is -1.67. The van der Waals surface area contributed by atoms with Crippen LogP contribution < -0.4 is 5.32 Å². The number of likely N-dealkylation sites (tertiary alicyclic amines) is 1. The standard InChI is InChI=1S/C13H12F4N2O3/c14-10-4-8(20)1-2-9(10)12(22)18-7-3-11(21)19(5-7)6-13(15,16)17/h1-2,4,7,20H,3,5-6H2,(H,18,22)/t7-/m0/s1. The van der Waals surface area contributed by atoms with Crippen LogP contribution in [0, 0.1) is 5.82 Å². The molecule has 1 aliphatic rings. The maximum absolute atomic E-state index is 13.5. The summed E-state index contributed by atoms with van der Waals surface area (Å²) >= 11 is 0. The monoisotopic (exact) mass is 320 g/mol. The maximum atomic E-state index is 13.5. The van der Waals surface area contributed by atoms with E-state index >= 15 is 0 Å². The minimum atomic E-state index is -4.52. The molecular weight excluding hydrogens is 308 g/mol. The van der Waals surface area contributed by atoms with Crippen molar-refractivity contribution in [1.29, 1.82) is 0 Å². The minimum absolute atomic E-state index is 0.276. The molecule has 0 aliphatic carbocycles. The molecule has 0 bridgehead atoms. The van der Waals surface area contributed by atoms with E-state index < -0.39 is 36.4 Å². The first-order valence-corrected chi connectivity index (χ1v) is 6.29. The number of alkyl halides is 3. The van der Waals surface area contributed by atoms with Crippen LogP contribution in [-0.2, 0) is 4.79 Å². The lowest BCUT2D eigenvalue weighted by Crippen LogP contribution is -2.40. The number of carbonyl (C=O) groups excluding carboxylic acids is 2. The Morgan fingerprint density at radius 2 is 2.09 bits per heavy atom. The summed E-state index contributed by atoms with van der Waals surface area (Å²) in [5.41, 5.74) is -0.362. The quantitative estimate of drug-likeness (QED) is 0.828. The van der Waals surface area contributed by atoms with Crippen molar-refractivity contribution in [3.8, 4) is 5.75 Å². The fraction of sp³-hybridized carbons (Fsp3) is 0.385. The first-order chi connectivity index (χ1) is 10.2. The van der Waals surface area contributed by atoms with E-state index in [4.69, 9.17) is 5.11 Å². The molecule has 2 N–H and O–H groups in total. The molecule has 0 spiro atoms. The van der Waals surface area contributed by atoms with Gasteiger partial charge in [-0.05, 0) is 12.1 Å². The predicted octanol–water partition coefficient (Wildman–Crippen LogP) is 1.42. The molecule has 0 unspecified atom stereocenters. The van der Waals surface area contributed by atoms with Crippen molar-refractivity contribution in [2.24, 2.45) is 0 Å². The Morgan fingerprint density at radius 3 is 2.68 bits per heavy atom. The van der Waals surface area contributed by atoms with E-state index in [0.717, 1.165) is 18.2 Å². The smallest absolute Gasteiger partial charge is 0.406 e. The van der Waals surface area contributed by atoms with Gasteiger partial charge in [0.15, 0.2) is 0 Å². The summed E-state index contributed by atoms with van der Waals surface area (Å²) < 4.78 is 50.3. The van der Waals surface area contributed by atoms with Gasteiger partial charge in [0.1, 0.15) is 18.1 Å². The van der Waals surface area contributed by atoms with Crippen LogP contribution in [0.25, 0.3) is 0 Å². The highest BCUT2D eigenvalue weighted by Gasteiger charge is 2.38. The third kappa shape index (κ3) is 3.86. The van der Waals surface area contributed by atoms with Gasteiger partial charge in [0.2, 0.25) is 5.91 Å². The van der Waals surface area contributed by atoms with Crippen molar-refractivity contribution in [3.05, 3.63) is 29.6 Å². The zero-order chi connectivity index (χ0) is 16.5. The van der Waals surface area contributed by atoms with E-state index in [-0.39, 0.29) is 24.3 Å². The fourth-order valence-electron chi connectivity index (χ4n) is 2.19. The lowest BCUT2D eigenvalue weighted by atomic mass is 10.1. The van der Waals surface area contributed by atoms with E-state index in [1.165, 1.54) is 0 Å². The van der Waals surface area contributed by atoms with Crippen LogP contribution >= 0.6 is 0 Å². The van der Waals surface area contributed by atoms with E-state index in [9.17, 15) is 27.2 Å². The van der Waals surface area contributed by atoms with Gasteiger partial charge in [0.25, 0.3) is 5.91 Å². The number of phenolic OH excluding ortho intramolecular Hbond substituents is 1. The second kappa shape index (κ2) is 5.82. The van der Waals surface area contributed by atoms with E-state index in [1.807, 2.05) is 0 Å². The third-order valence-electron chi connectivity index (χ3n) is 3.12. The molecule has 1 saturated heterocycles. The number of hydrogen-bond acceptors (Lipinski definition) is 3. The molecule has 1 fully saturated rings. The van der Waals surface area contributed by atoms with E-state index in [2.05, 4.69) is 5.32 Å². The van der Waals surface area contributed by atoms with Crippen molar-refractivity contribution in [2.75, 3.05) is 13.1 Å². The fourth-order valence-corrected chi connectivity index (χ4v) is 2.19. The molecule has 0 aromatic heterocycles. The average molecular weight is 320 g/mol. The topological polar surface area (TPSA) is 69.6 Å². The largest absolute Gasteiger partial charge is 0.508 e. The van der Waals surface area contributed by atoms with Gasteiger partial charge < -0.3 is 15.3 Å². The molecule has 1 atom stereocenters. The van der Waals surface area contributed by atoms with Crippen LogP contribution in [0.1, 0.15) is 16.8 Å². The third-order valence-corrected chi connectivity index (χ3v) is 3.12. The van der Waals surface area contributed by atoms with Crippen LogP contribution in [0.5, 0.6) is 5.75 Å². The van der Waals surface area contributed by atoms with Gasteiger partial charge in [0.05, 0.1) is 11.6 Å². The highest BCUT2D eigenvalue weighted by atomic mass is 19.4. The number of aromatic hydroxyl groups is 1. The van der Waals surface area contributed by atoms with Crippen LogP contribution in [0.2, 0.25) is 0 Å². The average Bonchev–Trinajstić information content (AvgIpc) is 2.66. The summed E-state index contributed by atoms with van der Waals surface area (Å²) in [5.74, 6) is -2.91. The summed E-state index contributed by atoms with van der Waals surface area (Å²) in [4.78, 5) is 23.9. The Hall–Kier alpha value is -2.32. The Morgan fingerprint density at radius 1 is 1.41 bits per heavy atom. The summed E-state index contributed by atoms with van der Waals surface area (Å²) in [7, 11) is 0. The summed E-state index contributed by atoms with van der Waals surface area (Å²) in [5, 5.41) is 11.4. The highest BCUT2D eigenvalue weighted by Crippen LogP contribution is 2.21. The van der Waals surface area contributed by atoms with Gasteiger partial charge in [-0.25, -0.2) is 4.39 Å². The molecule has 0 radical (unpaired) electrons. The number of hydrogen-bond donors (Lipinski definition) is 2. The van der Waals surface area contributed by atoms with Crippen LogP contribution in [-0.4, -0.2) is 47.1 Å². The lowest BCUT2D eigenvalue weighted by molar-refractivity contribution is -0.157. The zero-order valence-corrected chi connectivity index (χ0v) is 11.2. The number of rotatable bonds is 3. The Bertz CT molecular complexity index is 603. The maximum Gasteiger partial charge on any atom is 0.406 e. The van der Waals surface area contributed by atoms with E-state index in [1.54, 1.807) is 0 Å². The molecule has 1 aromatic rings.